The molecule has 2 aromatic rings. The monoisotopic (exact) mass is 398 g/mol. The van der Waals surface area contributed by atoms with Crippen LogP contribution in [0.25, 0.3) is 5.69 Å². The minimum Gasteiger partial charge on any atom is -0.368 e. The molecule has 146 valence electrons. The van der Waals surface area contributed by atoms with Crippen LogP contribution in [0.3, 0.4) is 0 Å². The number of benzene rings is 1. The molecule has 2 rings (SSSR count). The molecule has 0 saturated heterocycles. The first-order valence-electron chi connectivity index (χ1n) is 7.30. The second kappa shape index (κ2) is 7.19. The second-order valence-electron chi connectivity index (χ2n) is 5.71. The summed E-state index contributed by atoms with van der Waals surface area (Å²) >= 11 is 0. The van der Waals surface area contributed by atoms with E-state index in [-0.39, 0.29) is 16.3 Å². The maximum atomic E-state index is 12.8. The third-order valence-electron chi connectivity index (χ3n) is 3.61. The van der Waals surface area contributed by atoms with E-state index in [2.05, 4.69) is 10.1 Å². The largest absolute Gasteiger partial charge is 0.453 e. The van der Waals surface area contributed by atoms with E-state index >= 15 is 0 Å². The minimum atomic E-state index is -4.80. The number of aromatic nitrogens is 3. The molecule has 0 aliphatic heterocycles. The Hall–Kier alpha value is -2.21. The molecule has 26 heavy (non-hydrogen) atoms. The molecule has 0 aliphatic carbocycles. The Labute approximate surface area is 147 Å². The molecule has 0 aliphatic rings. The van der Waals surface area contributed by atoms with Crippen LogP contribution in [0.15, 0.2) is 17.0 Å². The highest BCUT2D eigenvalue weighted by Gasteiger charge is 2.37. The predicted octanol–water partition coefficient (Wildman–Crippen LogP) is 2.95. The first kappa shape index (κ1) is 21.8. The highest BCUT2D eigenvalue weighted by atomic mass is 32.2. The van der Waals surface area contributed by atoms with Crippen molar-refractivity contribution in [3.05, 3.63) is 29.1 Å². The van der Waals surface area contributed by atoms with Crippen molar-refractivity contribution in [1.29, 1.82) is 0 Å². The number of rotatable bonds is 4. The van der Waals surface area contributed by atoms with Crippen LogP contribution in [-0.2, 0) is 22.7 Å². The van der Waals surface area contributed by atoms with Crippen LogP contribution in [0.4, 0.5) is 23.8 Å². The Kier molecular flexibility index (Phi) is 6.04. The van der Waals surface area contributed by atoms with Gasteiger partial charge in [0.05, 0.1) is 10.6 Å². The summed E-state index contributed by atoms with van der Waals surface area (Å²) in [5.74, 6) is -2.22. The first-order valence-corrected chi connectivity index (χ1v) is 8.74. The molecule has 0 fully saturated rings. The van der Waals surface area contributed by atoms with Crippen molar-refractivity contribution in [2.45, 2.75) is 44.2 Å². The van der Waals surface area contributed by atoms with Gasteiger partial charge in [-0.1, -0.05) is 26.8 Å². The molecule has 1 aromatic carbocycles. The van der Waals surface area contributed by atoms with E-state index in [1.165, 1.54) is 6.07 Å². The Morgan fingerprint density at radius 1 is 1.31 bits per heavy atom. The number of aryl methyl sites for hydroxylation is 1. The van der Waals surface area contributed by atoms with Gasteiger partial charge in [0.15, 0.2) is 0 Å². The number of hydrogen-bond acceptors (Lipinski definition) is 5. The fourth-order valence-electron chi connectivity index (χ4n) is 2.41. The van der Waals surface area contributed by atoms with Crippen LogP contribution < -0.4 is 5.73 Å². The lowest BCUT2D eigenvalue weighted by molar-refractivity contribution is -0.144. The summed E-state index contributed by atoms with van der Waals surface area (Å²) in [5.41, 5.74) is 6.40. The number of nitrogen functional groups attached to an aromatic ring is 1. The van der Waals surface area contributed by atoms with Gasteiger partial charge < -0.3 is 5.73 Å². The van der Waals surface area contributed by atoms with Gasteiger partial charge in [-0.25, -0.2) is 0 Å². The van der Waals surface area contributed by atoms with Gasteiger partial charge in [0.1, 0.15) is 0 Å². The van der Waals surface area contributed by atoms with Crippen molar-refractivity contribution < 1.29 is 30.8 Å². The molecule has 1 heterocycles. The molecule has 0 unspecified atom stereocenters. The minimum absolute atomic E-state index is 0. The van der Waals surface area contributed by atoms with Crippen LogP contribution in [0.5, 0.6) is 0 Å². The summed E-state index contributed by atoms with van der Waals surface area (Å²) in [6.07, 6.45) is -4.42. The molecule has 0 atom stereocenters. The SMILES string of the molecule is CCc1cc(C(C)C)c(S(=O)(=O)O)cc1-n1nc(C(F)(F)F)nc1N.F. The number of alkyl halides is 3. The van der Waals surface area contributed by atoms with Gasteiger partial charge in [0, 0.05) is 0 Å². The van der Waals surface area contributed by atoms with Gasteiger partial charge in [-0.3, -0.25) is 9.26 Å². The second-order valence-corrected chi connectivity index (χ2v) is 7.10. The van der Waals surface area contributed by atoms with E-state index in [0.717, 1.165) is 10.7 Å². The maximum Gasteiger partial charge on any atom is 0.453 e. The molecular weight excluding hydrogens is 380 g/mol. The maximum absolute atomic E-state index is 12.8. The lowest BCUT2D eigenvalue weighted by Gasteiger charge is -2.16. The summed E-state index contributed by atoms with van der Waals surface area (Å²) in [5, 5.41) is 3.34. The number of hydrogen-bond donors (Lipinski definition) is 2. The van der Waals surface area contributed by atoms with Gasteiger partial charge in [0.25, 0.3) is 15.9 Å². The summed E-state index contributed by atoms with van der Waals surface area (Å²) in [7, 11) is -4.59. The van der Waals surface area contributed by atoms with Gasteiger partial charge in [-0.15, -0.1) is 5.10 Å². The smallest absolute Gasteiger partial charge is 0.368 e. The molecule has 0 bridgehead atoms. The van der Waals surface area contributed by atoms with Crippen LogP contribution in [0.2, 0.25) is 0 Å². The highest BCUT2D eigenvalue weighted by molar-refractivity contribution is 7.85. The zero-order valence-corrected chi connectivity index (χ0v) is 14.9. The quantitative estimate of drug-likeness (QED) is 0.605. The van der Waals surface area contributed by atoms with E-state index in [1.807, 2.05) is 0 Å². The zero-order chi connectivity index (χ0) is 19.2. The van der Waals surface area contributed by atoms with E-state index in [4.69, 9.17) is 5.73 Å². The van der Waals surface area contributed by atoms with Gasteiger partial charge in [-0.05, 0) is 29.5 Å². The third-order valence-corrected chi connectivity index (χ3v) is 4.52. The molecule has 12 heteroatoms. The number of nitrogens with zero attached hydrogens (tertiary/aromatic N) is 3. The third kappa shape index (κ3) is 4.12. The average Bonchev–Trinajstić information content (AvgIpc) is 2.86. The molecule has 0 radical (unpaired) electrons. The normalized spacial score (nSPS) is 12.3. The summed E-state index contributed by atoms with van der Waals surface area (Å²) in [6, 6.07) is 2.58. The summed E-state index contributed by atoms with van der Waals surface area (Å²) in [4.78, 5) is 2.77. The fourth-order valence-corrected chi connectivity index (χ4v) is 3.26. The van der Waals surface area contributed by atoms with Crippen LogP contribution in [0.1, 0.15) is 43.6 Å². The molecular formula is C14H18F4N4O3S. The van der Waals surface area contributed by atoms with E-state index in [1.54, 1.807) is 20.8 Å². The van der Waals surface area contributed by atoms with Crippen molar-refractivity contribution in [2.24, 2.45) is 0 Å². The van der Waals surface area contributed by atoms with Crippen LogP contribution >= 0.6 is 0 Å². The van der Waals surface area contributed by atoms with E-state index < -0.39 is 33.0 Å². The van der Waals surface area contributed by atoms with Gasteiger partial charge in [-0.2, -0.15) is 31.3 Å². The standard InChI is InChI=1S/C14H17F3N4O3S.FH/c1-4-8-5-9(7(2)3)11(25(22,23)24)6-10(8)21-13(18)19-12(20-21)14(15,16)17;/h5-7H,4H2,1-3H3,(H2,18,19,20)(H,22,23,24);1H. The molecule has 0 saturated carbocycles. The zero-order valence-electron chi connectivity index (χ0n) is 14.1. The highest BCUT2D eigenvalue weighted by Crippen LogP contribution is 2.32. The Morgan fingerprint density at radius 2 is 1.88 bits per heavy atom. The molecule has 7 nitrogen and oxygen atoms in total. The lowest BCUT2D eigenvalue weighted by atomic mass is 9.98. The molecule has 3 N–H and O–H groups in total. The van der Waals surface area contributed by atoms with Gasteiger partial charge >= 0.3 is 6.18 Å². The first-order chi connectivity index (χ1) is 11.4. The van der Waals surface area contributed by atoms with Crippen molar-refractivity contribution >= 4 is 16.1 Å². The van der Waals surface area contributed by atoms with Crippen LogP contribution in [-0.4, -0.2) is 27.7 Å². The Morgan fingerprint density at radius 3 is 2.27 bits per heavy atom. The van der Waals surface area contributed by atoms with E-state index in [0.29, 0.717) is 17.5 Å². The van der Waals surface area contributed by atoms with Crippen molar-refractivity contribution in [2.75, 3.05) is 5.73 Å². The number of halogens is 4. The number of anilines is 1. The molecule has 1 aromatic heterocycles. The summed E-state index contributed by atoms with van der Waals surface area (Å²) < 4.78 is 71.9. The lowest BCUT2D eigenvalue weighted by Crippen LogP contribution is -2.12. The Balaban J connectivity index is 0.00000338. The predicted molar refractivity (Wildman–Crippen MR) is 86.6 cm³/mol. The van der Waals surface area contributed by atoms with Gasteiger partial charge in [0.2, 0.25) is 5.95 Å². The van der Waals surface area contributed by atoms with Crippen molar-refractivity contribution in [3.8, 4) is 5.69 Å². The number of nitrogens with two attached hydrogens (primary N) is 1. The van der Waals surface area contributed by atoms with Crippen molar-refractivity contribution in [3.63, 3.8) is 0 Å². The van der Waals surface area contributed by atoms with Crippen molar-refractivity contribution in [1.82, 2.24) is 14.8 Å². The fraction of sp³-hybridized carbons (Fsp3) is 0.429. The average molecular weight is 398 g/mol. The molecule has 0 spiro atoms. The summed E-state index contributed by atoms with van der Waals surface area (Å²) in [6.45, 7) is 5.21. The van der Waals surface area contributed by atoms with E-state index in [9.17, 15) is 26.1 Å². The Bertz CT molecular complexity index is 908. The molecule has 0 amide bonds. The van der Waals surface area contributed by atoms with Crippen LogP contribution in [0, 0.1) is 0 Å². The topological polar surface area (TPSA) is 111 Å².